The molecule has 0 bridgehead atoms. The van der Waals surface area contributed by atoms with Crippen molar-refractivity contribution in [2.75, 3.05) is 14.1 Å². The molecule has 2 aromatic rings. The molecule has 6 N–H and O–H groups in total. The summed E-state index contributed by atoms with van der Waals surface area (Å²) in [5, 5.41) is 33.1. The van der Waals surface area contributed by atoms with Crippen LogP contribution in [0.25, 0.3) is 0 Å². The maximum atomic E-state index is 13.6. The van der Waals surface area contributed by atoms with E-state index >= 15 is 0 Å². The van der Waals surface area contributed by atoms with Gasteiger partial charge in [0.2, 0.25) is 11.8 Å². The molecule has 12 nitrogen and oxygen atoms in total. The quantitative estimate of drug-likeness (QED) is 0.142. The highest BCUT2D eigenvalue weighted by Gasteiger charge is 2.42. The van der Waals surface area contributed by atoms with Crippen LogP contribution in [0.2, 0.25) is 0 Å². The maximum absolute atomic E-state index is 13.6. The number of hydrogen-bond donors (Lipinski definition) is 6. The summed E-state index contributed by atoms with van der Waals surface area (Å²) in [6, 6.07) is 12.1. The Morgan fingerprint density at radius 3 is 1.17 bits per heavy atom. The molecule has 0 spiro atoms. The summed E-state index contributed by atoms with van der Waals surface area (Å²) >= 11 is 6.72. The highest BCUT2D eigenvalue weighted by atomic mass is 79.9. The minimum Gasteiger partial charge on any atom is -0.387 e. The smallest absolute Gasteiger partial charge is 0.252 e. The minimum absolute atomic E-state index is 0.149. The van der Waals surface area contributed by atoms with Gasteiger partial charge in [0.1, 0.15) is 24.3 Å². The number of nitrogens with one attached hydrogen (secondary N) is 4. The number of rotatable bonds is 17. The second-order valence-electron chi connectivity index (χ2n) is 11.4. The van der Waals surface area contributed by atoms with Gasteiger partial charge in [-0.25, -0.2) is 0 Å². The van der Waals surface area contributed by atoms with Gasteiger partial charge in [0.15, 0.2) is 12.2 Å². The van der Waals surface area contributed by atoms with Crippen LogP contribution in [0, 0.1) is 11.8 Å². The van der Waals surface area contributed by atoms with Crippen molar-refractivity contribution in [3.8, 4) is 0 Å². The lowest BCUT2D eigenvalue weighted by Gasteiger charge is -2.32. The number of benzene rings is 2. The van der Waals surface area contributed by atoms with Crippen molar-refractivity contribution >= 4 is 55.5 Å². The Kier molecular flexibility index (Phi) is 16.3. The van der Waals surface area contributed by atoms with Gasteiger partial charge in [-0.05, 0) is 47.2 Å². The zero-order valence-electron chi connectivity index (χ0n) is 26.8. The minimum atomic E-state index is -2.01. The Bertz CT molecular complexity index is 1190. The predicted octanol–water partition coefficient (Wildman–Crippen LogP) is 2.18. The summed E-state index contributed by atoms with van der Waals surface area (Å²) in [6.45, 7) is 6.64. The number of carbonyl (C=O) groups is 4. The van der Waals surface area contributed by atoms with E-state index in [9.17, 15) is 29.4 Å². The first-order valence-corrected chi connectivity index (χ1v) is 16.4. The highest BCUT2D eigenvalue weighted by Crippen LogP contribution is 2.19. The SMILES string of the molecule is CNC(=O)[C@@H](NC(=O)[C@H](OCc1ccc(Br)cc1)[C@H](O)[C@@H](O)[C@@H](OCc1ccc(Br)cc1)C(=O)N[C@H](C(=O)NC)C(C)C)C(C)C. The van der Waals surface area contributed by atoms with Gasteiger partial charge in [0.05, 0.1) is 13.2 Å². The van der Waals surface area contributed by atoms with Gasteiger partial charge in [-0.15, -0.1) is 0 Å². The molecule has 0 unspecified atom stereocenters. The molecule has 0 saturated carbocycles. The molecule has 0 aliphatic carbocycles. The average Bonchev–Trinajstić information content (AvgIpc) is 3.03. The molecule has 254 valence electrons. The van der Waals surface area contributed by atoms with Crippen LogP contribution in [0.1, 0.15) is 38.8 Å². The van der Waals surface area contributed by atoms with Crippen LogP contribution in [0.15, 0.2) is 57.5 Å². The summed E-state index contributed by atoms with van der Waals surface area (Å²) < 4.78 is 13.4. The Hall–Kier alpha value is -2.88. The second-order valence-corrected chi connectivity index (χ2v) is 13.2. The van der Waals surface area contributed by atoms with E-state index in [0.717, 1.165) is 8.95 Å². The number of aliphatic hydroxyl groups is 2. The van der Waals surface area contributed by atoms with Crippen molar-refractivity contribution in [2.24, 2.45) is 11.8 Å². The van der Waals surface area contributed by atoms with Gasteiger partial charge in [-0.3, -0.25) is 19.2 Å². The molecule has 14 heteroatoms. The monoisotopic (exact) mass is 770 g/mol. The van der Waals surface area contributed by atoms with Gasteiger partial charge in [-0.2, -0.15) is 0 Å². The number of amides is 4. The van der Waals surface area contributed by atoms with Crippen molar-refractivity contribution in [1.29, 1.82) is 0 Å². The largest absolute Gasteiger partial charge is 0.387 e. The number of aliphatic hydroxyl groups excluding tert-OH is 2. The molecule has 0 aromatic heterocycles. The summed E-state index contributed by atoms with van der Waals surface area (Å²) in [6.07, 6.45) is -7.50. The molecule has 4 amide bonds. The third-order valence-corrected chi connectivity index (χ3v) is 8.22. The first-order chi connectivity index (χ1) is 21.7. The lowest BCUT2D eigenvalue weighted by atomic mass is 9.98. The van der Waals surface area contributed by atoms with E-state index in [1.54, 1.807) is 76.2 Å². The Balaban J connectivity index is 2.45. The van der Waals surface area contributed by atoms with E-state index in [1.807, 2.05) is 0 Å². The fourth-order valence-electron chi connectivity index (χ4n) is 4.40. The standard InChI is InChI=1S/C32H44Br2N4O8/c1-17(2)23(29(41)35-5)37-31(43)27(45-15-19-7-11-21(33)12-8-19)25(39)26(40)28(46-16-20-9-13-22(34)14-10-20)32(44)38-24(18(3)4)30(42)36-6/h7-14,17-18,23-28,39-40H,15-16H2,1-6H3,(H,35,41)(H,36,42)(H,37,43)(H,38,44)/t23-,24-,25+,26+,27+,28+/m0/s1. The van der Waals surface area contributed by atoms with Crippen LogP contribution in [-0.4, -0.2) is 84.4 Å². The number of hydrogen-bond acceptors (Lipinski definition) is 8. The van der Waals surface area contributed by atoms with Gasteiger partial charge < -0.3 is 41.0 Å². The predicted molar refractivity (Wildman–Crippen MR) is 179 cm³/mol. The van der Waals surface area contributed by atoms with Crippen molar-refractivity contribution < 1.29 is 38.9 Å². The molecule has 0 aliphatic rings. The summed E-state index contributed by atoms with van der Waals surface area (Å²) in [4.78, 5) is 52.2. The van der Waals surface area contributed by atoms with Gasteiger partial charge >= 0.3 is 0 Å². The molecule has 0 radical (unpaired) electrons. The molecule has 0 fully saturated rings. The molecule has 46 heavy (non-hydrogen) atoms. The number of carbonyl (C=O) groups excluding carboxylic acids is 4. The van der Waals surface area contributed by atoms with E-state index in [1.165, 1.54) is 14.1 Å². The van der Waals surface area contributed by atoms with Gasteiger partial charge in [-0.1, -0.05) is 83.8 Å². The molecular weight excluding hydrogens is 728 g/mol. The van der Waals surface area contributed by atoms with Crippen molar-refractivity contribution in [2.45, 2.75) is 77.4 Å². The van der Waals surface area contributed by atoms with Gasteiger partial charge in [0, 0.05) is 23.0 Å². The maximum Gasteiger partial charge on any atom is 0.252 e. The first kappa shape index (κ1) is 39.3. The fourth-order valence-corrected chi connectivity index (χ4v) is 4.93. The van der Waals surface area contributed by atoms with E-state index in [0.29, 0.717) is 11.1 Å². The second kappa shape index (κ2) is 19.1. The topological polar surface area (TPSA) is 175 Å². The van der Waals surface area contributed by atoms with Gasteiger partial charge in [0.25, 0.3) is 11.8 Å². The molecular formula is C32H44Br2N4O8. The Morgan fingerprint density at radius 1 is 0.609 bits per heavy atom. The van der Waals surface area contributed by atoms with E-state index in [4.69, 9.17) is 9.47 Å². The first-order valence-electron chi connectivity index (χ1n) is 14.8. The zero-order valence-corrected chi connectivity index (χ0v) is 29.9. The summed E-state index contributed by atoms with van der Waals surface area (Å²) in [5.41, 5.74) is 1.31. The zero-order chi connectivity index (χ0) is 34.6. The third kappa shape index (κ3) is 11.7. The molecule has 0 saturated heterocycles. The molecule has 6 atom stereocenters. The van der Waals surface area contributed by atoms with E-state index in [-0.39, 0.29) is 25.0 Å². The molecule has 0 aliphatic heterocycles. The average molecular weight is 773 g/mol. The van der Waals surface area contributed by atoms with E-state index < -0.39 is 60.1 Å². The number of halogens is 2. The van der Waals surface area contributed by atoms with Crippen molar-refractivity contribution in [3.05, 3.63) is 68.6 Å². The molecule has 0 heterocycles. The summed E-state index contributed by atoms with van der Waals surface area (Å²) in [5.74, 6) is -3.36. The van der Waals surface area contributed by atoms with Crippen LogP contribution in [0.3, 0.4) is 0 Å². The van der Waals surface area contributed by atoms with Crippen molar-refractivity contribution in [1.82, 2.24) is 21.3 Å². The van der Waals surface area contributed by atoms with Crippen LogP contribution in [0.5, 0.6) is 0 Å². The van der Waals surface area contributed by atoms with Crippen LogP contribution in [-0.2, 0) is 41.9 Å². The highest BCUT2D eigenvalue weighted by molar-refractivity contribution is 9.10. The fraction of sp³-hybridized carbons (Fsp3) is 0.500. The Labute approximate surface area is 286 Å². The molecule has 2 aromatic carbocycles. The number of likely N-dealkylation sites (N-methyl/N-ethyl adjacent to an activating group) is 2. The Morgan fingerprint density at radius 2 is 0.913 bits per heavy atom. The summed E-state index contributed by atoms with van der Waals surface area (Å²) in [7, 11) is 2.86. The van der Waals surface area contributed by atoms with Crippen LogP contribution >= 0.6 is 31.9 Å². The molecule has 2 rings (SSSR count). The number of ether oxygens (including phenoxy) is 2. The van der Waals surface area contributed by atoms with Crippen molar-refractivity contribution in [3.63, 3.8) is 0 Å². The lowest BCUT2D eigenvalue weighted by molar-refractivity contribution is -0.171. The van der Waals surface area contributed by atoms with E-state index in [2.05, 4.69) is 53.1 Å². The third-order valence-electron chi connectivity index (χ3n) is 7.16. The van der Waals surface area contributed by atoms with Crippen LogP contribution in [0.4, 0.5) is 0 Å². The normalized spacial score (nSPS) is 15.3. The van der Waals surface area contributed by atoms with Crippen LogP contribution < -0.4 is 21.3 Å². The lowest BCUT2D eigenvalue weighted by Crippen LogP contribution is -2.60.